The lowest BCUT2D eigenvalue weighted by Gasteiger charge is -2.22. The Balaban J connectivity index is 2.16. The summed E-state index contributed by atoms with van der Waals surface area (Å²) in [6.07, 6.45) is 0.868. The Morgan fingerprint density at radius 3 is 2.89 bits per heavy atom. The topological polar surface area (TPSA) is 50.4 Å². The Hall–Kier alpha value is -1.55. The number of benzene rings is 1. The third-order valence-corrected chi connectivity index (χ3v) is 3.52. The molecule has 0 radical (unpaired) electrons. The fourth-order valence-electron chi connectivity index (χ4n) is 2.19. The number of nitrogens with one attached hydrogen (secondary N) is 2. The Morgan fingerprint density at radius 2 is 2.28 bits per heavy atom. The second kappa shape index (κ2) is 4.98. The zero-order valence-electron chi connectivity index (χ0n) is 11.2. The molecule has 1 amide bonds. The lowest BCUT2D eigenvalue weighted by Crippen LogP contribution is -2.35. The average Bonchev–Trinajstić information content (AvgIpc) is 2.79. The molecular formula is C14H20N2O2. The second-order valence-corrected chi connectivity index (χ2v) is 5.15. The van der Waals surface area contributed by atoms with Gasteiger partial charge in [0.25, 0.3) is 0 Å². The summed E-state index contributed by atoms with van der Waals surface area (Å²) in [4.78, 5) is 12.3. The monoisotopic (exact) mass is 248 g/mol. The predicted molar refractivity (Wildman–Crippen MR) is 72.0 cm³/mol. The number of rotatable bonds is 3. The highest BCUT2D eigenvalue weighted by molar-refractivity contribution is 5.96. The number of ether oxygens (including phenoxy) is 1. The first-order valence-corrected chi connectivity index (χ1v) is 6.22. The van der Waals surface area contributed by atoms with Crippen molar-refractivity contribution in [3.63, 3.8) is 0 Å². The molecule has 1 heterocycles. The number of amides is 1. The number of methoxy groups -OCH3 is 1. The van der Waals surface area contributed by atoms with Gasteiger partial charge in [-0.15, -0.1) is 0 Å². The highest BCUT2D eigenvalue weighted by Gasteiger charge is 2.36. The fourth-order valence-corrected chi connectivity index (χ4v) is 2.19. The van der Waals surface area contributed by atoms with E-state index >= 15 is 0 Å². The quantitative estimate of drug-likeness (QED) is 0.859. The van der Waals surface area contributed by atoms with Crippen LogP contribution in [-0.2, 0) is 4.79 Å². The van der Waals surface area contributed by atoms with Gasteiger partial charge in [-0.25, -0.2) is 0 Å². The van der Waals surface area contributed by atoms with Crippen LogP contribution in [0.4, 0.5) is 5.69 Å². The highest BCUT2D eigenvalue weighted by atomic mass is 16.5. The summed E-state index contributed by atoms with van der Waals surface area (Å²) in [5.41, 5.74) is 1.52. The van der Waals surface area contributed by atoms with Crippen molar-refractivity contribution in [1.29, 1.82) is 0 Å². The summed E-state index contributed by atoms with van der Waals surface area (Å²) in [6.45, 7) is 5.61. The molecule has 0 spiro atoms. The molecule has 1 atom stereocenters. The van der Waals surface area contributed by atoms with Gasteiger partial charge >= 0.3 is 0 Å². The molecule has 98 valence electrons. The predicted octanol–water partition coefficient (Wildman–Crippen LogP) is 1.94. The number of aryl methyl sites for hydroxylation is 1. The Bertz CT molecular complexity index is 451. The number of anilines is 1. The first-order chi connectivity index (χ1) is 8.55. The van der Waals surface area contributed by atoms with Gasteiger partial charge in [-0.1, -0.05) is 6.07 Å². The summed E-state index contributed by atoms with van der Waals surface area (Å²) < 4.78 is 5.29. The van der Waals surface area contributed by atoms with Crippen LogP contribution in [0.15, 0.2) is 18.2 Å². The van der Waals surface area contributed by atoms with Gasteiger partial charge in [-0.05, 0) is 44.5 Å². The van der Waals surface area contributed by atoms with Crippen LogP contribution in [0, 0.1) is 12.3 Å². The van der Waals surface area contributed by atoms with Gasteiger partial charge < -0.3 is 15.4 Å². The minimum absolute atomic E-state index is 0.0506. The summed E-state index contributed by atoms with van der Waals surface area (Å²) in [7, 11) is 1.61. The van der Waals surface area contributed by atoms with Crippen molar-refractivity contribution >= 4 is 11.6 Å². The summed E-state index contributed by atoms with van der Waals surface area (Å²) >= 11 is 0. The molecule has 2 N–H and O–H groups in total. The standard InChI is InChI=1S/C14H20N2O2/c1-10-4-5-11(12(8-10)18-3)16-13(17)14(2)6-7-15-9-14/h4-5,8,15H,6-7,9H2,1-3H3,(H,16,17). The molecule has 1 aliphatic rings. The van der Waals surface area contributed by atoms with Crippen LogP contribution >= 0.6 is 0 Å². The van der Waals surface area contributed by atoms with Gasteiger partial charge in [-0.3, -0.25) is 4.79 Å². The van der Waals surface area contributed by atoms with Crippen molar-refractivity contribution < 1.29 is 9.53 Å². The Kier molecular flexibility index (Phi) is 3.57. The van der Waals surface area contributed by atoms with Crippen molar-refractivity contribution in [2.75, 3.05) is 25.5 Å². The summed E-state index contributed by atoms with van der Waals surface area (Å²) in [5, 5.41) is 6.19. The van der Waals surface area contributed by atoms with Crippen molar-refractivity contribution in [1.82, 2.24) is 5.32 Å². The molecule has 1 aromatic carbocycles. The average molecular weight is 248 g/mol. The van der Waals surface area contributed by atoms with E-state index in [9.17, 15) is 4.79 Å². The number of carbonyl (C=O) groups excluding carboxylic acids is 1. The van der Waals surface area contributed by atoms with Gasteiger partial charge in [0.05, 0.1) is 18.2 Å². The van der Waals surface area contributed by atoms with Crippen molar-refractivity contribution in [3.05, 3.63) is 23.8 Å². The summed E-state index contributed by atoms with van der Waals surface area (Å²) in [5.74, 6) is 0.757. The van der Waals surface area contributed by atoms with Crippen LogP contribution in [0.3, 0.4) is 0 Å². The van der Waals surface area contributed by atoms with Gasteiger partial charge in [-0.2, -0.15) is 0 Å². The smallest absolute Gasteiger partial charge is 0.231 e. The van der Waals surface area contributed by atoms with Crippen LogP contribution in [0.25, 0.3) is 0 Å². The van der Waals surface area contributed by atoms with Crippen LogP contribution in [0.1, 0.15) is 18.9 Å². The molecule has 4 nitrogen and oxygen atoms in total. The number of carbonyl (C=O) groups is 1. The molecule has 2 rings (SSSR count). The molecule has 1 aliphatic heterocycles. The second-order valence-electron chi connectivity index (χ2n) is 5.15. The SMILES string of the molecule is COc1cc(C)ccc1NC(=O)C1(C)CCNC1. The molecular weight excluding hydrogens is 228 g/mol. The third-order valence-electron chi connectivity index (χ3n) is 3.52. The first-order valence-electron chi connectivity index (χ1n) is 6.22. The van der Waals surface area contributed by atoms with E-state index in [4.69, 9.17) is 4.74 Å². The van der Waals surface area contributed by atoms with Gasteiger partial charge in [0, 0.05) is 6.54 Å². The fraction of sp³-hybridized carbons (Fsp3) is 0.500. The number of hydrogen-bond acceptors (Lipinski definition) is 3. The lowest BCUT2D eigenvalue weighted by molar-refractivity contribution is -0.123. The molecule has 4 heteroatoms. The van der Waals surface area contributed by atoms with E-state index in [-0.39, 0.29) is 11.3 Å². The molecule has 18 heavy (non-hydrogen) atoms. The molecule has 0 bridgehead atoms. The zero-order valence-corrected chi connectivity index (χ0v) is 11.2. The van der Waals surface area contributed by atoms with Crippen molar-refractivity contribution in [2.45, 2.75) is 20.3 Å². The molecule has 1 aromatic rings. The van der Waals surface area contributed by atoms with E-state index in [0.717, 1.165) is 30.8 Å². The van der Waals surface area contributed by atoms with E-state index in [2.05, 4.69) is 10.6 Å². The summed E-state index contributed by atoms with van der Waals surface area (Å²) in [6, 6.07) is 5.77. The van der Waals surface area contributed by atoms with E-state index in [1.54, 1.807) is 7.11 Å². The van der Waals surface area contributed by atoms with Crippen molar-refractivity contribution in [3.8, 4) is 5.75 Å². The maximum atomic E-state index is 12.3. The molecule has 0 saturated carbocycles. The molecule has 0 aliphatic carbocycles. The Morgan fingerprint density at radius 1 is 1.50 bits per heavy atom. The first kappa shape index (κ1) is 12.9. The van der Waals surface area contributed by atoms with Gasteiger partial charge in [0.2, 0.25) is 5.91 Å². The van der Waals surface area contributed by atoms with E-state index in [1.807, 2.05) is 32.0 Å². The zero-order chi connectivity index (χ0) is 13.2. The van der Waals surface area contributed by atoms with Gasteiger partial charge in [0.1, 0.15) is 5.75 Å². The molecule has 0 aromatic heterocycles. The Labute approximate surface area is 108 Å². The minimum Gasteiger partial charge on any atom is -0.495 e. The van der Waals surface area contributed by atoms with Crippen LogP contribution in [0.5, 0.6) is 5.75 Å². The van der Waals surface area contributed by atoms with E-state index < -0.39 is 0 Å². The molecule has 1 saturated heterocycles. The van der Waals surface area contributed by atoms with Gasteiger partial charge in [0.15, 0.2) is 0 Å². The maximum absolute atomic E-state index is 12.3. The largest absolute Gasteiger partial charge is 0.495 e. The lowest BCUT2D eigenvalue weighted by atomic mass is 9.88. The van der Waals surface area contributed by atoms with E-state index in [0.29, 0.717) is 5.75 Å². The van der Waals surface area contributed by atoms with Crippen molar-refractivity contribution in [2.24, 2.45) is 5.41 Å². The molecule has 1 unspecified atom stereocenters. The van der Waals surface area contributed by atoms with Crippen LogP contribution in [-0.4, -0.2) is 26.1 Å². The highest BCUT2D eigenvalue weighted by Crippen LogP contribution is 2.30. The van der Waals surface area contributed by atoms with Crippen LogP contribution < -0.4 is 15.4 Å². The number of hydrogen-bond donors (Lipinski definition) is 2. The minimum atomic E-state index is -0.324. The maximum Gasteiger partial charge on any atom is 0.231 e. The van der Waals surface area contributed by atoms with E-state index in [1.165, 1.54) is 0 Å². The van der Waals surface area contributed by atoms with Crippen LogP contribution in [0.2, 0.25) is 0 Å². The molecule has 1 fully saturated rings. The third kappa shape index (κ3) is 2.48. The normalized spacial score (nSPS) is 22.8.